The van der Waals surface area contributed by atoms with Crippen LogP contribution in [0.2, 0.25) is 0 Å². The number of ether oxygens (including phenoxy) is 1. The molecule has 1 fully saturated rings. The molecule has 156 valence electrons. The standard InChI is InChI=1S/C22H19F3N2O3/c23-22(24,25)30-20-11-13(7-8-19(20)28)15-3-1-5-17-16(15)4-2-6-18(17)21(29)27-10-9-14(26)12-27/h1-8,11,14,28H,9-10,12,26H2/t14-/m1/s1. The lowest BCUT2D eigenvalue weighted by Gasteiger charge is -2.18. The second-order valence-electron chi connectivity index (χ2n) is 7.24. The molecule has 0 bridgehead atoms. The molecule has 1 aliphatic rings. The van der Waals surface area contributed by atoms with Crippen molar-refractivity contribution in [3.05, 3.63) is 60.2 Å². The van der Waals surface area contributed by atoms with Gasteiger partial charge in [0, 0.05) is 24.7 Å². The Bertz CT molecular complexity index is 1110. The number of carbonyl (C=O) groups is 1. The van der Waals surface area contributed by atoms with E-state index in [1.54, 1.807) is 41.3 Å². The number of fused-ring (bicyclic) bond motifs is 1. The van der Waals surface area contributed by atoms with Gasteiger partial charge < -0.3 is 20.5 Å². The number of amides is 1. The topological polar surface area (TPSA) is 75.8 Å². The number of phenolic OH excluding ortho intramolecular Hbond substituents is 1. The second kappa shape index (κ2) is 7.53. The van der Waals surface area contributed by atoms with Crippen LogP contribution in [0.5, 0.6) is 11.5 Å². The van der Waals surface area contributed by atoms with E-state index in [1.807, 2.05) is 0 Å². The van der Waals surface area contributed by atoms with E-state index in [2.05, 4.69) is 4.74 Å². The predicted octanol–water partition coefficient (Wildman–Crippen LogP) is 4.28. The molecule has 30 heavy (non-hydrogen) atoms. The Kier molecular flexibility index (Phi) is 5.03. The molecular formula is C22H19F3N2O3. The molecule has 3 N–H and O–H groups in total. The summed E-state index contributed by atoms with van der Waals surface area (Å²) in [6.07, 6.45) is -4.18. The summed E-state index contributed by atoms with van der Waals surface area (Å²) in [4.78, 5) is 14.7. The van der Waals surface area contributed by atoms with E-state index in [0.717, 1.165) is 18.6 Å². The minimum atomic E-state index is -4.93. The highest BCUT2D eigenvalue weighted by molar-refractivity contribution is 6.10. The van der Waals surface area contributed by atoms with Gasteiger partial charge in [-0.25, -0.2) is 0 Å². The molecule has 0 aliphatic carbocycles. The maximum atomic E-state index is 13.0. The molecule has 8 heteroatoms. The molecule has 1 heterocycles. The quantitative estimate of drug-likeness (QED) is 0.668. The van der Waals surface area contributed by atoms with E-state index in [-0.39, 0.29) is 11.9 Å². The van der Waals surface area contributed by atoms with Crippen molar-refractivity contribution in [2.24, 2.45) is 5.73 Å². The van der Waals surface area contributed by atoms with Crippen LogP contribution in [0, 0.1) is 0 Å². The molecule has 0 spiro atoms. The van der Waals surface area contributed by atoms with Crippen molar-refractivity contribution in [2.45, 2.75) is 18.8 Å². The zero-order valence-electron chi connectivity index (χ0n) is 15.8. The lowest BCUT2D eigenvalue weighted by molar-refractivity contribution is -0.275. The predicted molar refractivity (Wildman–Crippen MR) is 106 cm³/mol. The van der Waals surface area contributed by atoms with E-state index in [0.29, 0.717) is 40.6 Å². The first-order valence-corrected chi connectivity index (χ1v) is 9.38. The van der Waals surface area contributed by atoms with Gasteiger partial charge in [0.2, 0.25) is 0 Å². The first-order chi connectivity index (χ1) is 14.2. The van der Waals surface area contributed by atoms with Crippen LogP contribution in [0.4, 0.5) is 13.2 Å². The third kappa shape index (κ3) is 3.91. The Balaban J connectivity index is 1.78. The van der Waals surface area contributed by atoms with E-state index in [4.69, 9.17) is 5.73 Å². The molecule has 3 aromatic rings. The number of benzene rings is 3. The molecule has 1 aliphatic heterocycles. The number of nitrogens with two attached hydrogens (primary N) is 1. The maximum absolute atomic E-state index is 13.0. The van der Waals surface area contributed by atoms with Crippen LogP contribution in [0.15, 0.2) is 54.6 Å². The summed E-state index contributed by atoms with van der Waals surface area (Å²) in [5.41, 5.74) is 7.47. The molecule has 0 aromatic heterocycles. The minimum Gasteiger partial charge on any atom is -0.504 e. The fraction of sp³-hybridized carbons (Fsp3) is 0.227. The lowest BCUT2D eigenvalue weighted by Crippen LogP contribution is -2.31. The highest BCUT2D eigenvalue weighted by Crippen LogP contribution is 2.38. The minimum absolute atomic E-state index is 0.0384. The summed E-state index contributed by atoms with van der Waals surface area (Å²) in [5, 5.41) is 11.1. The Labute approximate surface area is 170 Å². The van der Waals surface area contributed by atoms with Crippen LogP contribution < -0.4 is 10.5 Å². The summed E-state index contributed by atoms with van der Waals surface area (Å²) < 4.78 is 41.8. The van der Waals surface area contributed by atoms with Gasteiger partial charge in [0.05, 0.1) is 0 Å². The van der Waals surface area contributed by atoms with E-state index in [1.165, 1.54) is 6.07 Å². The van der Waals surface area contributed by atoms with Crippen molar-refractivity contribution in [2.75, 3.05) is 13.1 Å². The van der Waals surface area contributed by atoms with Gasteiger partial charge in [-0.3, -0.25) is 4.79 Å². The number of aromatic hydroxyl groups is 1. The Hall–Kier alpha value is -3.26. The summed E-state index contributed by atoms with van der Waals surface area (Å²) in [5.74, 6) is -1.43. The van der Waals surface area contributed by atoms with Crippen molar-refractivity contribution in [3.63, 3.8) is 0 Å². The number of hydrogen-bond acceptors (Lipinski definition) is 4. The summed E-state index contributed by atoms with van der Waals surface area (Å²) >= 11 is 0. The van der Waals surface area contributed by atoms with Gasteiger partial charge >= 0.3 is 6.36 Å². The number of likely N-dealkylation sites (tertiary alicyclic amines) is 1. The Morgan fingerprint density at radius 1 is 1.10 bits per heavy atom. The number of hydrogen-bond donors (Lipinski definition) is 2. The van der Waals surface area contributed by atoms with Crippen LogP contribution in [0.1, 0.15) is 16.8 Å². The Morgan fingerprint density at radius 2 is 1.83 bits per heavy atom. The van der Waals surface area contributed by atoms with Crippen LogP contribution in [-0.4, -0.2) is 41.4 Å². The smallest absolute Gasteiger partial charge is 0.504 e. The average molecular weight is 416 g/mol. The molecule has 1 saturated heterocycles. The molecule has 3 aromatic carbocycles. The highest BCUT2D eigenvalue weighted by Gasteiger charge is 2.32. The largest absolute Gasteiger partial charge is 0.573 e. The molecule has 0 unspecified atom stereocenters. The molecule has 0 saturated carbocycles. The molecule has 0 radical (unpaired) electrons. The number of phenols is 1. The van der Waals surface area contributed by atoms with Crippen molar-refractivity contribution in [1.29, 1.82) is 0 Å². The van der Waals surface area contributed by atoms with Gasteiger partial charge in [-0.05, 0) is 46.5 Å². The zero-order chi connectivity index (χ0) is 21.5. The van der Waals surface area contributed by atoms with Crippen molar-refractivity contribution >= 4 is 16.7 Å². The molecule has 1 atom stereocenters. The highest BCUT2D eigenvalue weighted by atomic mass is 19.4. The van der Waals surface area contributed by atoms with Gasteiger partial charge in [0.25, 0.3) is 5.91 Å². The van der Waals surface area contributed by atoms with Crippen LogP contribution in [0.3, 0.4) is 0 Å². The third-order valence-electron chi connectivity index (χ3n) is 5.16. The van der Waals surface area contributed by atoms with Gasteiger partial charge in [-0.1, -0.05) is 36.4 Å². The van der Waals surface area contributed by atoms with Crippen molar-refractivity contribution in [3.8, 4) is 22.6 Å². The normalized spacial score (nSPS) is 16.8. The van der Waals surface area contributed by atoms with Gasteiger partial charge in [0.1, 0.15) is 0 Å². The second-order valence-corrected chi connectivity index (χ2v) is 7.24. The van der Waals surface area contributed by atoms with Gasteiger partial charge in [-0.2, -0.15) is 0 Å². The number of halogens is 3. The number of alkyl halides is 3. The van der Waals surface area contributed by atoms with Gasteiger partial charge in [0.15, 0.2) is 11.5 Å². The zero-order valence-corrected chi connectivity index (χ0v) is 15.8. The molecular weight excluding hydrogens is 397 g/mol. The summed E-state index contributed by atoms with van der Waals surface area (Å²) in [6, 6.07) is 14.3. The lowest BCUT2D eigenvalue weighted by atomic mass is 9.95. The maximum Gasteiger partial charge on any atom is 0.573 e. The fourth-order valence-electron chi connectivity index (χ4n) is 3.78. The van der Waals surface area contributed by atoms with E-state index < -0.39 is 17.9 Å². The third-order valence-corrected chi connectivity index (χ3v) is 5.16. The average Bonchev–Trinajstić information content (AvgIpc) is 3.13. The van der Waals surface area contributed by atoms with Crippen molar-refractivity contribution < 1.29 is 27.8 Å². The monoisotopic (exact) mass is 416 g/mol. The SMILES string of the molecule is N[C@@H]1CCN(C(=O)c2cccc3c(-c4ccc(O)c(OC(F)(F)F)c4)cccc23)C1. The molecule has 1 amide bonds. The number of carbonyl (C=O) groups excluding carboxylic acids is 1. The van der Waals surface area contributed by atoms with Crippen LogP contribution in [-0.2, 0) is 0 Å². The fourth-order valence-corrected chi connectivity index (χ4v) is 3.78. The van der Waals surface area contributed by atoms with E-state index >= 15 is 0 Å². The van der Waals surface area contributed by atoms with E-state index in [9.17, 15) is 23.1 Å². The number of nitrogens with zero attached hydrogens (tertiary/aromatic N) is 1. The Morgan fingerprint density at radius 3 is 2.53 bits per heavy atom. The number of rotatable bonds is 3. The summed E-state index contributed by atoms with van der Waals surface area (Å²) in [6.45, 7) is 1.08. The first-order valence-electron chi connectivity index (χ1n) is 9.38. The van der Waals surface area contributed by atoms with Crippen molar-refractivity contribution in [1.82, 2.24) is 4.90 Å². The van der Waals surface area contributed by atoms with Crippen LogP contribution in [0.25, 0.3) is 21.9 Å². The van der Waals surface area contributed by atoms with Gasteiger partial charge in [-0.15, -0.1) is 13.2 Å². The first kappa shape index (κ1) is 20.0. The molecule has 4 rings (SSSR count). The van der Waals surface area contributed by atoms with Crippen LogP contribution >= 0.6 is 0 Å². The summed E-state index contributed by atoms with van der Waals surface area (Å²) in [7, 11) is 0. The molecule has 5 nitrogen and oxygen atoms in total.